The van der Waals surface area contributed by atoms with Crippen molar-refractivity contribution in [1.82, 2.24) is 15.1 Å². The minimum absolute atomic E-state index is 0.0680. The highest BCUT2D eigenvalue weighted by atomic mass is 32.2. The number of carbonyl (C=O) groups is 2. The molecule has 3 heterocycles. The first-order valence-electron chi connectivity index (χ1n) is 13.5. The van der Waals surface area contributed by atoms with Crippen LogP contribution < -0.4 is 5.32 Å². The van der Waals surface area contributed by atoms with Gasteiger partial charge in [-0.05, 0) is 85.8 Å². The van der Waals surface area contributed by atoms with Crippen LogP contribution in [0.1, 0.15) is 67.8 Å². The second-order valence-electron chi connectivity index (χ2n) is 11.6. The number of benzene rings is 1. The number of rotatable bonds is 5. The van der Waals surface area contributed by atoms with E-state index in [1.54, 1.807) is 5.57 Å². The summed E-state index contributed by atoms with van der Waals surface area (Å²) in [7, 11) is 0. The van der Waals surface area contributed by atoms with Crippen molar-refractivity contribution in [2.75, 3.05) is 25.4 Å². The Morgan fingerprint density at radius 1 is 1.23 bits per heavy atom. The van der Waals surface area contributed by atoms with E-state index in [1.165, 1.54) is 34.4 Å². The zero-order chi connectivity index (χ0) is 23.7. The molecule has 2 amide bonds. The largest absolute Gasteiger partial charge is 0.342 e. The van der Waals surface area contributed by atoms with Crippen molar-refractivity contribution in [1.29, 1.82) is 0 Å². The van der Waals surface area contributed by atoms with E-state index in [0.29, 0.717) is 17.1 Å². The van der Waals surface area contributed by atoms with E-state index in [0.717, 1.165) is 58.2 Å². The van der Waals surface area contributed by atoms with Crippen molar-refractivity contribution in [2.24, 2.45) is 11.8 Å². The van der Waals surface area contributed by atoms with E-state index < -0.39 is 0 Å². The summed E-state index contributed by atoms with van der Waals surface area (Å²) in [4.78, 5) is 30.2. The maximum absolute atomic E-state index is 13.5. The molecule has 1 spiro atoms. The van der Waals surface area contributed by atoms with Crippen molar-refractivity contribution >= 4 is 29.1 Å². The highest BCUT2D eigenvalue weighted by Gasteiger charge is 2.59. The SMILES string of the molecule is Cc1cc(C2=CCC3SCCC3=C2)ccc1C1NC2(CC2)C(=O)N1C[C@@H]1CCN(C(=O)C2CC2)C1. The van der Waals surface area contributed by atoms with Crippen LogP contribution in [0.5, 0.6) is 0 Å². The Morgan fingerprint density at radius 2 is 2.09 bits per heavy atom. The van der Waals surface area contributed by atoms with E-state index in [1.807, 2.05) is 0 Å². The molecule has 2 saturated carbocycles. The van der Waals surface area contributed by atoms with Gasteiger partial charge in [0, 0.05) is 30.8 Å². The van der Waals surface area contributed by atoms with E-state index in [-0.39, 0.29) is 23.5 Å². The molecule has 3 aliphatic heterocycles. The van der Waals surface area contributed by atoms with Gasteiger partial charge >= 0.3 is 0 Å². The Kier molecular flexibility index (Phi) is 5.22. The molecule has 3 saturated heterocycles. The Hall–Kier alpha value is -2.05. The van der Waals surface area contributed by atoms with Gasteiger partial charge < -0.3 is 9.80 Å². The van der Waals surface area contributed by atoms with Gasteiger partial charge in [0.1, 0.15) is 11.7 Å². The molecule has 2 unspecified atom stereocenters. The minimum atomic E-state index is -0.344. The van der Waals surface area contributed by atoms with Crippen LogP contribution >= 0.6 is 11.8 Å². The van der Waals surface area contributed by atoms with E-state index in [2.05, 4.69) is 64.2 Å². The summed E-state index contributed by atoms with van der Waals surface area (Å²) in [5.41, 5.74) is 6.36. The zero-order valence-corrected chi connectivity index (χ0v) is 21.4. The first-order valence-corrected chi connectivity index (χ1v) is 14.6. The second-order valence-corrected chi connectivity index (χ2v) is 12.9. The van der Waals surface area contributed by atoms with Crippen LogP contribution in [0.2, 0.25) is 0 Å². The van der Waals surface area contributed by atoms with Gasteiger partial charge in [0.25, 0.3) is 0 Å². The number of carbonyl (C=O) groups excluding carboxylic acids is 2. The Balaban J connectivity index is 1.11. The summed E-state index contributed by atoms with van der Waals surface area (Å²) in [6.07, 6.45) is 12.1. The van der Waals surface area contributed by atoms with Crippen molar-refractivity contribution in [2.45, 2.75) is 68.8 Å². The van der Waals surface area contributed by atoms with Crippen LogP contribution in [0.3, 0.4) is 0 Å². The highest BCUT2D eigenvalue weighted by Crippen LogP contribution is 2.47. The third-order valence-corrected chi connectivity index (χ3v) is 10.4. The van der Waals surface area contributed by atoms with Crippen molar-refractivity contribution < 1.29 is 9.59 Å². The summed E-state index contributed by atoms with van der Waals surface area (Å²) in [5.74, 6) is 2.51. The van der Waals surface area contributed by atoms with Crippen LogP contribution in [0.15, 0.2) is 35.9 Å². The lowest BCUT2D eigenvalue weighted by atomic mass is 9.91. The summed E-state index contributed by atoms with van der Waals surface area (Å²) < 4.78 is 0. The number of thioether (sulfide) groups is 1. The average molecular weight is 490 g/mol. The third-order valence-electron chi connectivity index (χ3n) is 9.04. The maximum atomic E-state index is 13.5. The molecule has 1 aromatic carbocycles. The Labute approximate surface area is 212 Å². The number of hydrogen-bond donors (Lipinski definition) is 1. The molecule has 35 heavy (non-hydrogen) atoms. The van der Waals surface area contributed by atoms with Crippen molar-refractivity contribution in [3.05, 3.63) is 52.6 Å². The van der Waals surface area contributed by atoms with Crippen LogP contribution in [0.25, 0.3) is 5.57 Å². The van der Waals surface area contributed by atoms with Gasteiger partial charge in [-0.3, -0.25) is 14.9 Å². The molecule has 0 aromatic heterocycles. The minimum Gasteiger partial charge on any atom is -0.342 e. The van der Waals surface area contributed by atoms with E-state index in [4.69, 9.17) is 0 Å². The van der Waals surface area contributed by atoms with Gasteiger partial charge in [0.05, 0.1) is 0 Å². The van der Waals surface area contributed by atoms with Gasteiger partial charge in [-0.25, -0.2) is 0 Å². The zero-order valence-electron chi connectivity index (χ0n) is 20.6. The van der Waals surface area contributed by atoms with Gasteiger partial charge in [-0.15, -0.1) is 0 Å². The van der Waals surface area contributed by atoms with Gasteiger partial charge in [0.2, 0.25) is 11.8 Å². The molecule has 6 aliphatic rings. The normalized spacial score (nSPS) is 31.1. The van der Waals surface area contributed by atoms with Crippen LogP contribution in [-0.2, 0) is 9.59 Å². The molecular formula is C29H35N3O2S. The smallest absolute Gasteiger partial charge is 0.244 e. The summed E-state index contributed by atoms with van der Waals surface area (Å²) in [6.45, 7) is 4.59. The van der Waals surface area contributed by atoms with Gasteiger partial charge in [-0.2, -0.15) is 11.8 Å². The van der Waals surface area contributed by atoms with Crippen LogP contribution in [0.4, 0.5) is 0 Å². The standard InChI is InChI=1S/C29H35N3O2S/c1-18-14-21(22-5-7-25-23(15-22)9-13-35-25)4-6-24(18)26-30-29(10-11-29)28(34)32(26)17-19-8-12-31(16-19)27(33)20-2-3-20/h4-6,14-15,19-20,25-26,30H,2-3,7-13,16-17H2,1H3/t19-,25?,26?/m1/s1. The van der Waals surface area contributed by atoms with Crippen molar-refractivity contribution in [3.8, 4) is 0 Å². The number of allylic oxidation sites excluding steroid dienone is 3. The highest BCUT2D eigenvalue weighted by molar-refractivity contribution is 8.00. The first-order chi connectivity index (χ1) is 17.0. The predicted octanol–water partition coefficient (Wildman–Crippen LogP) is 4.44. The molecule has 6 heteroatoms. The Bertz CT molecular complexity index is 1150. The number of aryl methyl sites for hydroxylation is 1. The quantitative estimate of drug-likeness (QED) is 0.665. The summed E-state index contributed by atoms with van der Waals surface area (Å²) in [5, 5.41) is 4.43. The maximum Gasteiger partial charge on any atom is 0.244 e. The number of nitrogens with zero attached hydrogens (tertiary/aromatic N) is 2. The molecule has 0 radical (unpaired) electrons. The fourth-order valence-electron chi connectivity index (χ4n) is 6.59. The van der Waals surface area contributed by atoms with Crippen LogP contribution in [0, 0.1) is 18.8 Å². The first kappa shape index (κ1) is 22.2. The summed E-state index contributed by atoms with van der Waals surface area (Å²) >= 11 is 2.09. The van der Waals surface area contributed by atoms with Gasteiger partial charge in [-0.1, -0.05) is 35.9 Å². The fourth-order valence-corrected chi connectivity index (χ4v) is 7.86. The van der Waals surface area contributed by atoms with Gasteiger partial charge in [0.15, 0.2) is 0 Å². The molecule has 3 aliphatic carbocycles. The molecule has 5 nitrogen and oxygen atoms in total. The fraction of sp³-hybridized carbons (Fsp3) is 0.586. The lowest BCUT2D eigenvalue weighted by Gasteiger charge is -2.29. The average Bonchev–Trinajstić information content (AvgIpc) is 3.74. The number of hydrogen-bond acceptors (Lipinski definition) is 4. The lowest BCUT2D eigenvalue weighted by molar-refractivity contribution is -0.131. The number of nitrogens with one attached hydrogen (secondary N) is 1. The number of fused-ring (bicyclic) bond motifs is 1. The predicted molar refractivity (Wildman–Crippen MR) is 140 cm³/mol. The topological polar surface area (TPSA) is 52.7 Å². The number of likely N-dealkylation sites (tertiary alicyclic amines) is 1. The second kappa shape index (κ2) is 8.24. The van der Waals surface area contributed by atoms with E-state index in [9.17, 15) is 9.59 Å². The molecule has 3 atom stereocenters. The lowest BCUT2D eigenvalue weighted by Crippen LogP contribution is -2.37. The van der Waals surface area contributed by atoms with Crippen LogP contribution in [-0.4, -0.2) is 57.8 Å². The summed E-state index contributed by atoms with van der Waals surface area (Å²) in [6, 6.07) is 6.81. The molecule has 5 fully saturated rings. The molecule has 184 valence electrons. The number of amides is 2. The molecule has 0 bridgehead atoms. The third kappa shape index (κ3) is 3.88. The molecule has 1 aromatic rings. The molecule has 7 rings (SSSR count). The molecular weight excluding hydrogens is 454 g/mol. The van der Waals surface area contributed by atoms with E-state index >= 15 is 0 Å². The molecule has 1 N–H and O–H groups in total. The monoisotopic (exact) mass is 489 g/mol. The van der Waals surface area contributed by atoms with Crippen molar-refractivity contribution in [3.63, 3.8) is 0 Å². The Morgan fingerprint density at radius 3 is 2.86 bits per heavy atom.